The van der Waals surface area contributed by atoms with Crippen molar-refractivity contribution in [2.75, 3.05) is 46.1 Å². The van der Waals surface area contributed by atoms with E-state index in [-0.39, 0.29) is 19.8 Å². The normalized spacial score (nSPS) is 10.6. The average molecular weight is 366 g/mol. The van der Waals surface area contributed by atoms with Crippen LogP contribution in [0, 0.1) is 0 Å². The van der Waals surface area contributed by atoms with Crippen LogP contribution >= 0.6 is 0 Å². The van der Waals surface area contributed by atoms with Crippen molar-refractivity contribution < 1.29 is 30.3 Å². The van der Waals surface area contributed by atoms with E-state index in [0.717, 1.165) is 32.1 Å². The fourth-order valence-electron chi connectivity index (χ4n) is 2.39. The Morgan fingerprint density at radius 3 is 1.24 bits per heavy atom. The first-order valence-electron chi connectivity index (χ1n) is 9.49. The van der Waals surface area contributed by atoms with Gasteiger partial charge in [0.25, 0.3) is 0 Å². The first kappa shape index (κ1) is 26.5. The lowest BCUT2D eigenvalue weighted by Gasteiger charge is -2.17. The van der Waals surface area contributed by atoms with Crippen molar-refractivity contribution in [1.29, 1.82) is 0 Å². The number of aliphatic hydroxyl groups is 4. The largest absolute Gasteiger partial charge is 0.481 e. The molecule has 0 aromatic carbocycles. The van der Waals surface area contributed by atoms with E-state index in [1.807, 2.05) is 0 Å². The minimum absolute atomic E-state index is 0.0694. The summed E-state index contributed by atoms with van der Waals surface area (Å²) in [6.45, 7) is 2.07. The number of hydrogen-bond donors (Lipinski definition) is 5. The second-order valence-corrected chi connectivity index (χ2v) is 6.06. The summed E-state index contributed by atoms with van der Waals surface area (Å²) in [5.41, 5.74) is 0. The molecule has 0 aliphatic rings. The Bertz CT molecular complexity index is 252. The predicted molar refractivity (Wildman–Crippen MR) is 98.6 cm³/mol. The zero-order valence-corrected chi connectivity index (χ0v) is 15.6. The van der Waals surface area contributed by atoms with Crippen LogP contribution in [-0.2, 0) is 4.79 Å². The minimum atomic E-state index is -0.681. The third kappa shape index (κ3) is 25.6. The van der Waals surface area contributed by atoms with Crippen molar-refractivity contribution in [1.82, 2.24) is 4.90 Å². The van der Waals surface area contributed by atoms with Crippen molar-refractivity contribution in [3.8, 4) is 0 Å². The molecular formula is C18H39NO6. The van der Waals surface area contributed by atoms with Gasteiger partial charge < -0.3 is 25.5 Å². The molecule has 0 amide bonds. The van der Waals surface area contributed by atoms with Gasteiger partial charge in [0.2, 0.25) is 0 Å². The Morgan fingerprint density at radius 1 is 0.560 bits per heavy atom. The summed E-state index contributed by atoms with van der Waals surface area (Å²) in [5, 5.41) is 42.4. The Morgan fingerprint density at radius 2 is 0.920 bits per heavy atom. The Kier molecular flexibility index (Phi) is 24.7. The predicted octanol–water partition coefficient (Wildman–Crippen LogP) is 1.23. The van der Waals surface area contributed by atoms with Gasteiger partial charge in [-0.1, -0.05) is 44.9 Å². The third-order valence-electron chi connectivity index (χ3n) is 3.80. The summed E-state index contributed by atoms with van der Waals surface area (Å²) in [6.07, 6.45) is 10.3. The highest BCUT2D eigenvalue weighted by atomic mass is 16.4. The molecule has 0 unspecified atom stereocenters. The molecule has 0 bridgehead atoms. The number of aliphatic carboxylic acids is 1. The van der Waals surface area contributed by atoms with E-state index >= 15 is 0 Å². The summed E-state index contributed by atoms with van der Waals surface area (Å²) in [5.74, 6) is -0.681. The number of nitrogens with zero attached hydrogens (tertiary/aromatic N) is 1. The molecular weight excluding hydrogens is 326 g/mol. The third-order valence-corrected chi connectivity index (χ3v) is 3.80. The summed E-state index contributed by atoms with van der Waals surface area (Å²) in [4.78, 5) is 12.0. The van der Waals surface area contributed by atoms with Gasteiger partial charge >= 0.3 is 5.97 Å². The van der Waals surface area contributed by atoms with Gasteiger partial charge in [-0.2, -0.15) is 0 Å². The quantitative estimate of drug-likeness (QED) is 0.246. The zero-order valence-electron chi connectivity index (χ0n) is 15.6. The number of aliphatic hydroxyl groups excluding tert-OH is 4. The van der Waals surface area contributed by atoms with Crippen molar-refractivity contribution >= 4 is 5.97 Å². The van der Waals surface area contributed by atoms with Crippen molar-refractivity contribution in [3.63, 3.8) is 0 Å². The van der Waals surface area contributed by atoms with Crippen LogP contribution in [0.15, 0.2) is 0 Å². The molecule has 7 heteroatoms. The lowest BCUT2D eigenvalue weighted by Crippen LogP contribution is -2.32. The molecule has 0 aromatic heterocycles. The molecule has 7 nitrogen and oxygen atoms in total. The highest BCUT2D eigenvalue weighted by molar-refractivity contribution is 5.66. The van der Waals surface area contributed by atoms with Crippen molar-refractivity contribution in [2.45, 2.75) is 64.2 Å². The second kappa shape index (κ2) is 23.3. The van der Waals surface area contributed by atoms with Crippen molar-refractivity contribution in [3.05, 3.63) is 0 Å². The second-order valence-electron chi connectivity index (χ2n) is 6.06. The van der Waals surface area contributed by atoms with Crippen LogP contribution < -0.4 is 0 Å². The maximum atomic E-state index is 10.2. The highest BCUT2D eigenvalue weighted by Crippen LogP contribution is 2.10. The van der Waals surface area contributed by atoms with E-state index < -0.39 is 5.97 Å². The first-order valence-corrected chi connectivity index (χ1v) is 9.49. The Hall–Kier alpha value is -0.730. The van der Waals surface area contributed by atoms with Gasteiger partial charge in [0, 0.05) is 32.7 Å². The van der Waals surface area contributed by atoms with E-state index in [0.29, 0.717) is 32.7 Å². The number of carboxylic acid groups (broad SMARTS) is 1. The summed E-state index contributed by atoms with van der Waals surface area (Å²) in [6, 6.07) is 0. The summed E-state index contributed by atoms with van der Waals surface area (Å²) < 4.78 is 0. The molecule has 0 rings (SSSR count). The van der Waals surface area contributed by atoms with E-state index in [1.165, 1.54) is 25.7 Å². The van der Waals surface area contributed by atoms with Crippen LogP contribution in [0.25, 0.3) is 0 Å². The van der Waals surface area contributed by atoms with Gasteiger partial charge in [0.15, 0.2) is 0 Å². The zero-order chi connectivity index (χ0) is 19.2. The van der Waals surface area contributed by atoms with Gasteiger partial charge in [0.1, 0.15) is 0 Å². The van der Waals surface area contributed by atoms with Gasteiger partial charge in [-0.3, -0.25) is 9.69 Å². The van der Waals surface area contributed by atoms with E-state index in [9.17, 15) is 4.79 Å². The highest BCUT2D eigenvalue weighted by Gasteiger charge is 2.00. The molecule has 0 spiro atoms. The van der Waals surface area contributed by atoms with Crippen LogP contribution in [0.1, 0.15) is 64.2 Å². The first-order chi connectivity index (χ1) is 12.1. The van der Waals surface area contributed by atoms with Crippen LogP contribution in [-0.4, -0.2) is 82.5 Å². The van der Waals surface area contributed by atoms with Crippen LogP contribution in [0.2, 0.25) is 0 Å². The average Bonchev–Trinajstić information content (AvgIpc) is 2.58. The fraction of sp³-hybridized carbons (Fsp3) is 0.944. The molecule has 5 N–H and O–H groups in total. The maximum absolute atomic E-state index is 10.2. The number of rotatable bonds is 17. The van der Waals surface area contributed by atoms with Gasteiger partial charge in [0.05, 0.1) is 19.8 Å². The molecule has 0 fully saturated rings. The number of hydrogen-bond acceptors (Lipinski definition) is 6. The van der Waals surface area contributed by atoms with E-state index in [2.05, 4.69) is 0 Å². The molecule has 0 aromatic rings. The van der Waals surface area contributed by atoms with Gasteiger partial charge in [-0.15, -0.1) is 0 Å². The molecule has 0 atom stereocenters. The van der Waals surface area contributed by atoms with Gasteiger partial charge in [-0.05, 0) is 12.8 Å². The SMILES string of the molecule is O=C(O)CCCCCCCCCCCO.OCCN(CCO)CCO. The standard InChI is InChI=1S/C12H24O3.C6H15NO3/c13-11-9-7-5-3-1-2-4-6-8-10-12(14)15;8-4-1-7(2-5-9)3-6-10/h13H,1-11H2,(H,14,15);8-10H,1-6H2. The molecule has 0 saturated carbocycles. The Labute approximate surface area is 152 Å². The molecule has 0 radical (unpaired) electrons. The Balaban J connectivity index is 0. The molecule has 0 aliphatic carbocycles. The van der Waals surface area contributed by atoms with Crippen molar-refractivity contribution in [2.24, 2.45) is 0 Å². The molecule has 0 saturated heterocycles. The van der Waals surface area contributed by atoms with Crippen LogP contribution in [0.5, 0.6) is 0 Å². The van der Waals surface area contributed by atoms with Crippen LogP contribution in [0.3, 0.4) is 0 Å². The molecule has 0 heterocycles. The molecule has 25 heavy (non-hydrogen) atoms. The maximum Gasteiger partial charge on any atom is 0.303 e. The summed E-state index contributed by atoms with van der Waals surface area (Å²) >= 11 is 0. The fourth-order valence-corrected chi connectivity index (χ4v) is 2.39. The summed E-state index contributed by atoms with van der Waals surface area (Å²) in [7, 11) is 0. The molecule has 0 aliphatic heterocycles. The van der Waals surface area contributed by atoms with Crippen LogP contribution in [0.4, 0.5) is 0 Å². The topological polar surface area (TPSA) is 121 Å². The van der Waals surface area contributed by atoms with E-state index in [1.54, 1.807) is 4.90 Å². The molecule has 152 valence electrons. The smallest absolute Gasteiger partial charge is 0.303 e. The van der Waals surface area contributed by atoms with E-state index in [4.69, 9.17) is 25.5 Å². The lowest BCUT2D eigenvalue weighted by molar-refractivity contribution is -0.137. The lowest BCUT2D eigenvalue weighted by atomic mass is 10.1. The monoisotopic (exact) mass is 365 g/mol. The minimum Gasteiger partial charge on any atom is -0.481 e. The number of unbranched alkanes of at least 4 members (excludes halogenated alkanes) is 8. The number of carbonyl (C=O) groups is 1. The number of carboxylic acids is 1. The van der Waals surface area contributed by atoms with Gasteiger partial charge in [-0.25, -0.2) is 0 Å².